The Balaban J connectivity index is 1.53. The van der Waals surface area contributed by atoms with Gasteiger partial charge in [0.05, 0.1) is 12.0 Å². The van der Waals surface area contributed by atoms with Crippen molar-refractivity contribution in [2.75, 3.05) is 6.54 Å². The topological polar surface area (TPSA) is 66.4 Å². The van der Waals surface area contributed by atoms with Crippen molar-refractivity contribution in [3.05, 3.63) is 35.4 Å². The minimum absolute atomic E-state index is 0.0144. The van der Waals surface area contributed by atoms with Gasteiger partial charge in [-0.3, -0.25) is 4.79 Å². The standard InChI is InChI=1S/C16H19NO3/c18-14(17-10-16(6-7-16)13-4-5-13)9-11-2-1-3-12(8-11)15(19)20/h1-3,8,13H,4-7,9-10H2,(H,17,18)(H,19,20). The molecule has 0 saturated heterocycles. The summed E-state index contributed by atoms with van der Waals surface area (Å²) < 4.78 is 0. The van der Waals surface area contributed by atoms with Gasteiger partial charge in [0.2, 0.25) is 5.91 Å². The average Bonchev–Trinajstić information content (AvgIpc) is 3.27. The highest BCUT2D eigenvalue weighted by atomic mass is 16.4. The molecule has 1 aromatic rings. The summed E-state index contributed by atoms with van der Waals surface area (Å²) in [5, 5.41) is 11.9. The number of hydrogen-bond donors (Lipinski definition) is 2. The fourth-order valence-electron chi connectivity index (χ4n) is 2.92. The van der Waals surface area contributed by atoms with Crippen molar-refractivity contribution in [3.8, 4) is 0 Å². The van der Waals surface area contributed by atoms with E-state index in [0.717, 1.165) is 18.0 Å². The number of nitrogens with one attached hydrogen (secondary N) is 1. The molecule has 0 spiro atoms. The van der Waals surface area contributed by atoms with E-state index in [9.17, 15) is 9.59 Å². The van der Waals surface area contributed by atoms with Gasteiger partial charge in [0, 0.05) is 6.54 Å². The van der Waals surface area contributed by atoms with Gasteiger partial charge in [0.1, 0.15) is 0 Å². The lowest BCUT2D eigenvalue weighted by atomic mass is 10.0. The quantitative estimate of drug-likeness (QED) is 0.835. The maximum Gasteiger partial charge on any atom is 0.335 e. The van der Waals surface area contributed by atoms with E-state index >= 15 is 0 Å². The van der Waals surface area contributed by atoms with Crippen LogP contribution in [0.1, 0.15) is 41.6 Å². The fraction of sp³-hybridized carbons (Fsp3) is 0.500. The van der Waals surface area contributed by atoms with Crippen LogP contribution in [-0.4, -0.2) is 23.5 Å². The summed E-state index contributed by atoms with van der Waals surface area (Å²) >= 11 is 0. The normalized spacial score (nSPS) is 19.4. The van der Waals surface area contributed by atoms with Gasteiger partial charge in [-0.1, -0.05) is 12.1 Å². The maximum atomic E-state index is 12.0. The average molecular weight is 273 g/mol. The molecular weight excluding hydrogens is 254 g/mol. The van der Waals surface area contributed by atoms with Crippen LogP contribution in [0.4, 0.5) is 0 Å². The van der Waals surface area contributed by atoms with Gasteiger partial charge >= 0.3 is 5.97 Å². The van der Waals surface area contributed by atoms with Crippen LogP contribution < -0.4 is 5.32 Å². The molecule has 4 nitrogen and oxygen atoms in total. The lowest BCUT2D eigenvalue weighted by molar-refractivity contribution is -0.120. The van der Waals surface area contributed by atoms with Gasteiger partial charge in [0.25, 0.3) is 0 Å². The Bertz CT molecular complexity index is 544. The third kappa shape index (κ3) is 2.84. The van der Waals surface area contributed by atoms with Crippen molar-refractivity contribution >= 4 is 11.9 Å². The lowest BCUT2D eigenvalue weighted by Gasteiger charge is -2.15. The summed E-state index contributed by atoms with van der Waals surface area (Å²) in [7, 11) is 0. The predicted molar refractivity (Wildman–Crippen MR) is 74.5 cm³/mol. The fourth-order valence-corrected chi connectivity index (χ4v) is 2.92. The molecule has 2 saturated carbocycles. The van der Waals surface area contributed by atoms with Crippen LogP contribution in [0.5, 0.6) is 0 Å². The highest BCUT2D eigenvalue weighted by Crippen LogP contribution is 2.60. The molecule has 1 aromatic carbocycles. The molecule has 106 valence electrons. The van der Waals surface area contributed by atoms with E-state index in [0.29, 0.717) is 5.41 Å². The molecule has 20 heavy (non-hydrogen) atoms. The second kappa shape index (κ2) is 4.93. The third-order valence-electron chi connectivity index (χ3n) is 4.51. The van der Waals surface area contributed by atoms with Crippen molar-refractivity contribution in [1.29, 1.82) is 0 Å². The molecule has 1 amide bonds. The second-order valence-corrected chi connectivity index (χ2v) is 6.10. The number of benzene rings is 1. The number of carboxylic acid groups (broad SMARTS) is 1. The van der Waals surface area contributed by atoms with Crippen LogP contribution >= 0.6 is 0 Å². The van der Waals surface area contributed by atoms with Crippen molar-refractivity contribution in [2.24, 2.45) is 11.3 Å². The minimum atomic E-state index is -0.960. The number of rotatable bonds is 6. The van der Waals surface area contributed by atoms with Crippen molar-refractivity contribution in [2.45, 2.75) is 32.1 Å². The first-order chi connectivity index (χ1) is 9.59. The first-order valence-electron chi connectivity index (χ1n) is 7.18. The Morgan fingerprint density at radius 2 is 2.05 bits per heavy atom. The Hall–Kier alpha value is -1.84. The number of hydrogen-bond acceptors (Lipinski definition) is 2. The highest BCUT2D eigenvalue weighted by Gasteiger charge is 2.53. The zero-order valence-electron chi connectivity index (χ0n) is 11.4. The van der Waals surface area contributed by atoms with E-state index in [1.807, 2.05) is 0 Å². The number of carbonyl (C=O) groups is 2. The number of amides is 1. The van der Waals surface area contributed by atoms with Crippen LogP contribution in [0.3, 0.4) is 0 Å². The Morgan fingerprint density at radius 3 is 2.65 bits per heavy atom. The number of carbonyl (C=O) groups excluding carboxylic acids is 1. The Labute approximate surface area is 118 Å². The van der Waals surface area contributed by atoms with Crippen molar-refractivity contribution in [1.82, 2.24) is 5.32 Å². The molecule has 3 rings (SSSR count). The number of carboxylic acids is 1. The monoisotopic (exact) mass is 273 g/mol. The first-order valence-corrected chi connectivity index (χ1v) is 7.18. The van der Waals surface area contributed by atoms with Crippen LogP contribution in [0.2, 0.25) is 0 Å². The van der Waals surface area contributed by atoms with Crippen LogP contribution in [0, 0.1) is 11.3 Å². The van der Waals surface area contributed by atoms with Gasteiger partial charge in [-0.05, 0) is 54.7 Å². The molecule has 0 atom stereocenters. The predicted octanol–water partition coefficient (Wildman–Crippen LogP) is 2.23. The smallest absolute Gasteiger partial charge is 0.335 e. The second-order valence-electron chi connectivity index (χ2n) is 6.10. The molecule has 2 aliphatic rings. The third-order valence-corrected chi connectivity index (χ3v) is 4.51. The molecule has 4 heteroatoms. The van der Waals surface area contributed by atoms with Crippen LogP contribution in [-0.2, 0) is 11.2 Å². The summed E-state index contributed by atoms with van der Waals surface area (Å²) in [5.41, 5.74) is 1.38. The van der Waals surface area contributed by atoms with E-state index in [4.69, 9.17) is 5.11 Å². The molecule has 0 bridgehead atoms. The van der Waals surface area contributed by atoms with Gasteiger partial charge in [0.15, 0.2) is 0 Å². The molecule has 2 fully saturated rings. The van der Waals surface area contributed by atoms with Gasteiger partial charge in [-0.2, -0.15) is 0 Å². The van der Waals surface area contributed by atoms with E-state index in [1.165, 1.54) is 31.7 Å². The van der Waals surface area contributed by atoms with Gasteiger partial charge in [-0.25, -0.2) is 4.79 Å². The molecule has 2 aliphatic carbocycles. The van der Waals surface area contributed by atoms with Gasteiger partial charge in [-0.15, -0.1) is 0 Å². The Morgan fingerprint density at radius 1 is 1.30 bits per heavy atom. The van der Waals surface area contributed by atoms with E-state index in [-0.39, 0.29) is 17.9 Å². The summed E-state index contributed by atoms with van der Waals surface area (Å²) in [6.07, 6.45) is 5.37. The van der Waals surface area contributed by atoms with E-state index in [2.05, 4.69) is 5.32 Å². The summed E-state index contributed by atoms with van der Waals surface area (Å²) in [4.78, 5) is 22.8. The van der Waals surface area contributed by atoms with E-state index < -0.39 is 5.97 Å². The largest absolute Gasteiger partial charge is 0.478 e. The first kappa shape index (κ1) is 13.2. The zero-order chi connectivity index (χ0) is 14.2. The van der Waals surface area contributed by atoms with Gasteiger partial charge < -0.3 is 10.4 Å². The van der Waals surface area contributed by atoms with Crippen LogP contribution in [0.15, 0.2) is 24.3 Å². The SMILES string of the molecule is O=C(Cc1cccc(C(=O)O)c1)NCC1(C2CC2)CC1. The molecule has 0 aromatic heterocycles. The Kier molecular flexibility index (Phi) is 3.24. The molecule has 0 aliphatic heterocycles. The summed E-state index contributed by atoms with van der Waals surface area (Å²) in [5.74, 6) is -0.143. The molecule has 0 radical (unpaired) electrons. The summed E-state index contributed by atoms with van der Waals surface area (Å²) in [6, 6.07) is 6.57. The molecule has 0 unspecified atom stereocenters. The summed E-state index contributed by atoms with van der Waals surface area (Å²) in [6.45, 7) is 0.787. The molecular formula is C16H19NO3. The van der Waals surface area contributed by atoms with Crippen LogP contribution in [0.25, 0.3) is 0 Å². The van der Waals surface area contributed by atoms with Crippen molar-refractivity contribution in [3.63, 3.8) is 0 Å². The maximum absolute atomic E-state index is 12.0. The van der Waals surface area contributed by atoms with E-state index in [1.54, 1.807) is 18.2 Å². The zero-order valence-corrected chi connectivity index (χ0v) is 11.4. The highest BCUT2D eigenvalue weighted by molar-refractivity contribution is 5.88. The molecule has 0 heterocycles. The number of aromatic carboxylic acids is 1. The minimum Gasteiger partial charge on any atom is -0.478 e. The molecule has 2 N–H and O–H groups in total. The lowest BCUT2D eigenvalue weighted by Crippen LogP contribution is -2.32. The van der Waals surface area contributed by atoms with Crippen molar-refractivity contribution < 1.29 is 14.7 Å².